The average molecular weight is 570 g/mol. The van der Waals surface area contributed by atoms with Gasteiger partial charge in [0, 0.05) is 49.2 Å². The van der Waals surface area contributed by atoms with Crippen LogP contribution < -0.4 is 14.4 Å². The van der Waals surface area contributed by atoms with E-state index in [-0.39, 0.29) is 6.17 Å². The van der Waals surface area contributed by atoms with E-state index in [1.807, 2.05) is 30.5 Å². The zero-order chi connectivity index (χ0) is 29.3. The number of aromatic nitrogens is 2. The molecular formula is C34H43N5O3. The van der Waals surface area contributed by atoms with Crippen molar-refractivity contribution < 1.29 is 14.2 Å². The largest absolute Gasteiger partial charge is 0.497 e. The Morgan fingerprint density at radius 3 is 2.10 bits per heavy atom. The van der Waals surface area contributed by atoms with Gasteiger partial charge in [-0.25, -0.2) is 9.97 Å². The summed E-state index contributed by atoms with van der Waals surface area (Å²) < 4.78 is 16.3. The second-order valence-electron chi connectivity index (χ2n) is 10.9. The van der Waals surface area contributed by atoms with Gasteiger partial charge in [0.1, 0.15) is 11.5 Å². The fourth-order valence-corrected chi connectivity index (χ4v) is 5.53. The van der Waals surface area contributed by atoms with Gasteiger partial charge in [0.15, 0.2) is 0 Å². The van der Waals surface area contributed by atoms with Gasteiger partial charge in [-0.2, -0.15) is 0 Å². The summed E-state index contributed by atoms with van der Waals surface area (Å²) in [6.07, 6.45) is 8.44. The standard InChI is InChI=1S/C34H43N5O3/c1-5-28(33-31-8-6-7-9-32(31)36-34(37-33)38-18-20-42-21-19-38)22-35-25(2)39(23-26-10-14-29(40-3)15-11-26)24-27-12-16-30(41-4)17-13-27/h5,10-17,22,25H,6-9,18-21,23-24H2,1-4H3/b28-5+,35-22-. The lowest BCUT2D eigenvalue weighted by molar-refractivity contribution is 0.122. The fraction of sp³-hybridized carbons (Fsp3) is 0.441. The normalized spacial score (nSPS) is 16.5. The van der Waals surface area contributed by atoms with Gasteiger partial charge in [0.25, 0.3) is 0 Å². The number of allylic oxidation sites excluding steroid dienone is 2. The Morgan fingerprint density at radius 2 is 1.52 bits per heavy atom. The van der Waals surface area contributed by atoms with Crippen molar-refractivity contribution in [3.8, 4) is 11.5 Å². The maximum Gasteiger partial charge on any atom is 0.226 e. The van der Waals surface area contributed by atoms with E-state index in [2.05, 4.69) is 54.0 Å². The Balaban J connectivity index is 1.41. The van der Waals surface area contributed by atoms with Crippen LogP contribution in [-0.2, 0) is 30.7 Å². The van der Waals surface area contributed by atoms with Crippen molar-refractivity contribution in [2.75, 3.05) is 45.4 Å². The Hall–Kier alpha value is -3.75. The molecule has 1 unspecified atom stereocenters. The topological polar surface area (TPSA) is 72.3 Å². The molecule has 1 aliphatic carbocycles. The van der Waals surface area contributed by atoms with Crippen LogP contribution in [0.15, 0.2) is 59.6 Å². The van der Waals surface area contributed by atoms with Crippen molar-refractivity contribution in [1.82, 2.24) is 14.9 Å². The number of aliphatic imine (C=N–C) groups is 1. The van der Waals surface area contributed by atoms with Crippen LogP contribution >= 0.6 is 0 Å². The molecule has 0 amide bonds. The number of methoxy groups -OCH3 is 2. The molecule has 1 saturated heterocycles. The second-order valence-corrected chi connectivity index (χ2v) is 10.9. The smallest absolute Gasteiger partial charge is 0.226 e. The molecule has 2 heterocycles. The molecular weight excluding hydrogens is 526 g/mol. The van der Waals surface area contributed by atoms with E-state index in [9.17, 15) is 0 Å². The van der Waals surface area contributed by atoms with Gasteiger partial charge in [0.05, 0.1) is 39.3 Å². The fourth-order valence-electron chi connectivity index (χ4n) is 5.53. The first-order chi connectivity index (χ1) is 20.6. The van der Waals surface area contributed by atoms with E-state index in [4.69, 9.17) is 29.2 Å². The van der Waals surface area contributed by atoms with Crippen molar-refractivity contribution in [3.63, 3.8) is 0 Å². The maximum atomic E-state index is 5.58. The predicted octanol–water partition coefficient (Wildman–Crippen LogP) is 5.73. The van der Waals surface area contributed by atoms with Crippen LogP contribution in [0.5, 0.6) is 11.5 Å². The molecule has 8 nitrogen and oxygen atoms in total. The van der Waals surface area contributed by atoms with E-state index >= 15 is 0 Å². The molecule has 0 N–H and O–H groups in total. The molecule has 2 aromatic carbocycles. The summed E-state index contributed by atoms with van der Waals surface area (Å²) in [5.74, 6) is 2.53. The number of rotatable bonds is 11. The molecule has 222 valence electrons. The van der Waals surface area contributed by atoms with E-state index in [1.54, 1.807) is 14.2 Å². The van der Waals surface area contributed by atoms with Crippen molar-refractivity contribution in [1.29, 1.82) is 0 Å². The van der Waals surface area contributed by atoms with Crippen LogP contribution in [0.25, 0.3) is 5.57 Å². The lowest BCUT2D eigenvalue weighted by atomic mass is 9.92. The van der Waals surface area contributed by atoms with Crippen LogP contribution in [0.3, 0.4) is 0 Å². The second kappa shape index (κ2) is 14.4. The van der Waals surface area contributed by atoms with E-state index in [0.717, 1.165) is 67.7 Å². The van der Waals surface area contributed by atoms with Crippen molar-refractivity contribution >= 4 is 17.7 Å². The molecule has 0 spiro atoms. The Bertz CT molecular complexity index is 1320. The first kappa shape index (κ1) is 29.7. The SMILES string of the molecule is C/C=C(\C=N/C(C)N(Cc1ccc(OC)cc1)Cc1ccc(OC)cc1)c1nc(N2CCOCC2)nc2c1CCCC2. The number of ether oxygens (including phenoxy) is 3. The quantitative estimate of drug-likeness (QED) is 0.273. The highest BCUT2D eigenvalue weighted by molar-refractivity contribution is 6.09. The zero-order valence-corrected chi connectivity index (χ0v) is 25.4. The first-order valence-corrected chi connectivity index (χ1v) is 15.0. The molecule has 0 saturated carbocycles. The number of anilines is 1. The predicted molar refractivity (Wildman–Crippen MR) is 169 cm³/mol. The van der Waals surface area contributed by atoms with Gasteiger partial charge in [-0.3, -0.25) is 9.89 Å². The molecule has 2 aliphatic rings. The summed E-state index contributed by atoms with van der Waals surface area (Å²) in [6, 6.07) is 16.5. The average Bonchev–Trinajstić information content (AvgIpc) is 3.05. The molecule has 8 heteroatoms. The third-order valence-corrected chi connectivity index (χ3v) is 8.10. The number of aryl methyl sites for hydroxylation is 1. The van der Waals surface area contributed by atoms with Crippen LogP contribution in [0.2, 0.25) is 0 Å². The lowest BCUT2D eigenvalue weighted by Crippen LogP contribution is -2.38. The van der Waals surface area contributed by atoms with Crippen molar-refractivity contribution in [2.45, 2.75) is 58.8 Å². The molecule has 1 atom stereocenters. The summed E-state index contributed by atoms with van der Waals surface area (Å²) in [4.78, 5) is 19.9. The molecule has 1 fully saturated rings. The minimum absolute atomic E-state index is 0.0690. The van der Waals surface area contributed by atoms with Gasteiger partial charge in [0.2, 0.25) is 5.95 Å². The van der Waals surface area contributed by atoms with Crippen molar-refractivity contribution in [2.24, 2.45) is 4.99 Å². The van der Waals surface area contributed by atoms with Crippen LogP contribution in [0.1, 0.15) is 54.8 Å². The van der Waals surface area contributed by atoms with E-state index in [1.165, 1.54) is 35.2 Å². The maximum absolute atomic E-state index is 5.58. The minimum Gasteiger partial charge on any atom is -0.497 e. The molecule has 42 heavy (non-hydrogen) atoms. The Labute approximate surface area is 250 Å². The first-order valence-electron chi connectivity index (χ1n) is 15.0. The molecule has 3 aromatic rings. The van der Waals surface area contributed by atoms with Crippen molar-refractivity contribution in [3.05, 3.63) is 82.7 Å². The van der Waals surface area contributed by atoms with Crippen LogP contribution in [-0.4, -0.2) is 67.8 Å². The summed E-state index contributed by atoms with van der Waals surface area (Å²) in [5, 5.41) is 0. The summed E-state index contributed by atoms with van der Waals surface area (Å²) in [7, 11) is 3.39. The highest BCUT2D eigenvalue weighted by atomic mass is 16.5. The molecule has 5 rings (SSSR count). The third kappa shape index (κ3) is 7.36. The Morgan fingerprint density at radius 1 is 0.929 bits per heavy atom. The van der Waals surface area contributed by atoms with Crippen LogP contribution in [0, 0.1) is 0 Å². The van der Waals surface area contributed by atoms with Crippen LogP contribution in [0.4, 0.5) is 5.95 Å². The third-order valence-electron chi connectivity index (χ3n) is 8.10. The number of morpholine rings is 1. The monoisotopic (exact) mass is 569 g/mol. The molecule has 0 radical (unpaired) electrons. The molecule has 0 bridgehead atoms. The summed E-state index contributed by atoms with van der Waals surface area (Å²) in [6.45, 7) is 8.80. The highest BCUT2D eigenvalue weighted by Gasteiger charge is 2.23. The Kier molecular flexibility index (Phi) is 10.2. The van der Waals surface area contributed by atoms with Gasteiger partial charge >= 0.3 is 0 Å². The highest BCUT2D eigenvalue weighted by Crippen LogP contribution is 2.29. The van der Waals surface area contributed by atoms with E-state index in [0.29, 0.717) is 13.2 Å². The molecule has 1 aromatic heterocycles. The minimum atomic E-state index is -0.0690. The zero-order valence-electron chi connectivity index (χ0n) is 25.4. The number of hydrogen-bond donors (Lipinski definition) is 0. The van der Waals surface area contributed by atoms with Gasteiger partial charge < -0.3 is 19.1 Å². The lowest BCUT2D eigenvalue weighted by Gasteiger charge is -2.29. The summed E-state index contributed by atoms with van der Waals surface area (Å²) >= 11 is 0. The van der Waals surface area contributed by atoms with Gasteiger partial charge in [-0.15, -0.1) is 0 Å². The number of benzene rings is 2. The van der Waals surface area contributed by atoms with Gasteiger partial charge in [-0.1, -0.05) is 30.3 Å². The number of nitrogens with zero attached hydrogens (tertiary/aromatic N) is 5. The number of hydrogen-bond acceptors (Lipinski definition) is 8. The van der Waals surface area contributed by atoms with Gasteiger partial charge in [-0.05, 0) is 74.9 Å². The molecule has 1 aliphatic heterocycles. The number of fused-ring (bicyclic) bond motifs is 1. The van der Waals surface area contributed by atoms with E-state index < -0.39 is 0 Å². The summed E-state index contributed by atoms with van der Waals surface area (Å²) in [5.41, 5.74) is 6.95.